The Labute approximate surface area is 140 Å². The predicted molar refractivity (Wildman–Crippen MR) is 93.6 cm³/mol. The van der Waals surface area contributed by atoms with Gasteiger partial charge in [0, 0.05) is 25.7 Å². The van der Waals surface area contributed by atoms with Gasteiger partial charge in [-0.1, -0.05) is 37.5 Å². The van der Waals surface area contributed by atoms with Gasteiger partial charge in [0.15, 0.2) is 0 Å². The average molecular weight is 340 g/mol. The summed E-state index contributed by atoms with van der Waals surface area (Å²) in [6.07, 6.45) is 5.35. The Kier molecular flexibility index (Phi) is 7.02. The quantitative estimate of drug-likeness (QED) is 0.725. The zero-order valence-corrected chi connectivity index (χ0v) is 15.0. The lowest BCUT2D eigenvalue weighted by Gasteiger charge is -2.23. The number of nitrogens with one attached hydrogen (secondary N) is 2. The molecule has 130 valence electrons. The van der Waals surface area contributed by atoms with Crippen LogP contribution in [-0.4, -0.2) is 39.1 Å². The summed E-state index contributed by atoms with van der Waals surface area (Å²) in [5.41, 5.74) is 4.44. The lowest BCUT2D eigenvalue weighted by Crippen LogP contribution is -2.47. The van der Waals surface area contributed by atoms with E-state index in [1.807, 2.05) is 19.1 Å². The van der Waals surface area contributed by atoms with Gasteiger partial charge in [0.25, 0.3) is 0 Å². The largest absolute Gasteiger partial charge is 0.254 e. The summed E-state index contributed by atoms with van der Waals surface area (Å²) < 4.78 is 28.0. The van der Waals surface area contributed by atoms with Crippen molar-refractivity contribution in [1.82, 2.24) is 15.2 Å². The van der Waals surface area contributed by atoms with Crippen molar-refractivity contribution < 1.29 is 8.42 Å². The van der Waals surface area contributed by atoms with Crippen LogP contribution in [0.1, 0.15) is 44.6 Å². The summed E-state index contributed by atoms with van der Waals surface area (Å²) in [6.45, 7) is 6.81. The van der Waals surface area contributed by atoms with E-state index >= 15 is 0 Å². The van der Waals surface area contributed by atoms with Gasteiger partial charge in [-0.3, -0.25) is 5.43 Å². The summed E-state index contributed by atoms with van der Waals surface area (Å²) in [4.78, 5) is 0.339. The van der Waals surface area contributed by atoms with E-state index in [0.29, 0.717) is 11.4 Å². The fourth-order valence-electron chi connectivity index (χ4n) is 2.77. The van der Waals surface area contributed by atoms with Crippen molar-refractivity contribution in [2.24, 2.45) is 0 Å². The first-order chi connectivity index (χ1) is 11.0. The molecule has 2 rings (SSSR count). The predicted octanol–water partition coefficient (Wildman–Crippen LogP) is 2.43. The minimum atomic E-state index is -3.46. The van der Waals surface area contributed by atoms with E-state index in [1.165, 1.54) is 12.8 Å². The molecule has 0 radical (unpaired) electrons. The Hall–Kier alpha value is -0.950. The number of rotatable bonds is 9. The Morgan fingerprint density at radius 3 is 2.43 bits per heavy atom. The third-order valence-corrected chi connectivity index (χ3v) is 5.76. The van der Waals surface area contributed by atoms with Gasteiger partial charge in [0.2, 0.25) is 10.0 Å². The van der Waals surface area contributed by atoms with E-state index in [1.54, 1.807) is 12.1 Å². The molecule has 1 saturated heterocycles. The summed E-state index contributed by atoms with van der Waals surface area (Å²) in [5, 5.41) is 2.19. The number of hydrogen-bond acceptors (Lipinski definition) is 4. The molecule has 1 fully saturated rings. The molecular weight excluding hydrogens is 310 g/mol. The van der Waals surface area contributed by atoms with Crippen molar-refractivity contribution >= 4 is 10.0 Å². The van der Waals surface area contributed by atoms with Crippen LogP contribution in [0.2, 0.25) is 0 Å². The normalized spacial score (nSPS) is 17.5. The molecular formula is C17H29N3O2S. The van der Waals surface area contributed by atoms with Crippen LogP contribution in [0, 0.1) is 6.92 Å². The Balaban J connectivity index is 1.98. The molecule has 1 aromatic carbocycles. The van der Waals surface area contributed by atoms with E-state index in [0.717, 1.165) is 37.9 Å². The van der Waals surface area contributed by atoms with Crippen LogP contribution in [0.4, 0.5) is 0 Å². The number of hydrogen-bond donors (Lipinski definition) is 2. The monoisotopic (exact) mass is 339 g/mol. The summed E-state index contributed by atoms with van der Waals surface area (Å²) in [6, 6.07) is 6.92. The maximum atomic E-state index is 12.6. The molecule has 0 saturated carbocycles. The molecule has 1 aliphatic heterocycles. The molecule has 23 heavy (non-hydrogen) atoms. The molecule has 0 amide bonds. The zero-order valence-electron chi connectivity index (χ0n) is 14.2. The van der Waals surface area contributed by atoms with E-state index < -0.39 is 10.0 Å². The molecule has 1 unspecified atom stereocenters. The van der Waals surface area contributed by atoms with Gasteiger partial charge in [-0.05, 0) is 38.3 Å². The number of unbranched alkanes of at least 4 members (excludes halogenated alkanes) is 1. The van der Waals surface area contributed by atoms with Gasteiger partial charge in [0.1, 0.15) is 0 Å². The van der Waals surface area contributed by atoms with Crippen molar-refractivity contribution in [3.05, 3.63) is 29.8 Å². The van der Waals surface area contributed by atoms with Crippen molar-refractivity contribution in [1.29, 1.82) is 0 Å². The number of aryl methyl sites for hydroxylation is 1. The lowest BCUT2D eigenvalue weighted by molar-refractivity contribution is 0.223. The first kappa shape index (κ1) is 18.4. The number of nitrogens with zero attached hydrogens (tertiary/aromatic N) is 1. The van der Waals surface area contributed by atoms with Crippen LogP contribution in [0.15, 0.2) is 29.2 Å². The van der Waals surface area contributed by atoms with Crippen molar-refractivity contribution in [2.45, 2.75) is 56.9 Å². The van der Waals surface area contributed by atoms with Gasteiger partial charge in [0.05, 0.1) is 4.90 Å². The second kappa shape index (κ2) is 8.78. The van der Waals surface area contributed by atoms with Crippen molar-refractivity contribution in [2.75, 3.05) is 19.6 Å². The van der Waals surface area contributed by atoms with E-state index in [-0.39, 0.29) is 6.04 Å². The lowest BCUT2D eigenvalue weighted by atomic mass is 10.1. The van der Waals surface area contributed by atoms with Crippen LogP contribution >= 0.6 is 0 Å². The molecule has 1 heterocycles. The maximum Gasteiger partial charge on any atom is 0.240 e. The summed E-state index contributed by atoms with van der Waals surface area (Å²) >= 11 is 0. The molecule has 0 aromatic heterocycles. The molecule has 5 nitrogen and oxygen atoms in total. The summed E-state index contributed by atoms with van der Waals surface area (Å²) in [5.74, 6) is 0. The fraction of sp³-hybridized carbons (Fsp3) is 0.647. The standard InChI is InChI=1S/C17H29N3O2S/c1-3-4-7-16(14-18-20-12-5-6-13-20)19-23(21,22)17-10-8-15(2)9-11-17/h8-11,16,18-19H,3-7,12-14H2,1-2H3. The van der Waals surface area contributed by atoms with Crippen molar-refractivity contribution in [3.63, 3.8) is 0 Å². The number of benzene rings is 1. The van der Waals surface area contributed by atoms with Gasteiger partial charge < -0.3 is 0 Å². The molecule has 2 N–H and O–H groups in total. The second-order valence-corrected chi connectivity index (χ2v) is 8.04. The average Bonchev–Trinajstić information content (AvgIpc) is 3.03. The van der Waals surface area contributed by atoms with Gasteiger partial charge in [-0.2, -0.15) is 0 Å². The minimum Gasteiger partial charge on any atom is -0.254 e. The minimum absolute atomic E-state index is 0.0816. The highest BCUT2D eigenvalue weighted by Gasteiger charge is 2.21. The van der Waals surface area contributed by atoms with E-state index in [4.69, 9.17) is 0 Å². The van der Waals surface area contributed by atoms with Gasteiger partial charge in [-0.15, -0.1) is 0 Å². The number of sulfonamides is 1. The van der Waals surface area contributed by atoms with E-state index in [2.05, 4.69) is 22.1 Å². The highest BCUT2D eigenvalue weighted by molar-refractivity contribution is 7.89. The highest BCUT2D eigenvalue weighted by atomic mass is 32.2. The van der Waals surface area contributed by atoms with Crippen LogP contribution < -0.4 is 10.1 Å². The highest BCUT2D eigenvalue weighted by Crippen LogP contribution is 2.12. The maximum absolute atomic E-state index is 12.6. The first-order valence-corrected chi connectivity index (χ1v) is 10.1. The van der Waals surface area contributed by atoms with Crippen LogP contribution in [0.3, 0.4) is 0 Å². The molecule has 0 aliphatic carbocycles. The van der Waals surface area contributed by atoms with Crippen molar-refractivity contribution in [3.8, 4) is 0 Å². The zero-order chi connectivity index (χ0) is 16.7. The third kappa shape index (κ3) is 5.88. The third-order valence-electron chi connectivity index (χ3n) is 4.23. The Bertz CT molecular complexity index is 566. The summed E-state index contributed by atoms with van der Waals surface area (Å²) in [7, 11) is -3.46. The Morgan fingerprint density at radius 2 is 1.83 bits per heavy atom. The number of hydrazine groups is 1. The SMILES string of the molecule is CCCCC(CNN1CCCC1)NS(=O)(=O)c1ccc(C)cc1. The molecule has 1 aliphatic rings. The molecule has 0 spiro atoms. The molecule has 6 heteroatoms. The molecule has 0 bridgehead atoms. The van der Waals surface area contributed by atoms with Gasteiger partial charge >= 0.3 is 0 Å². The molecule has 1 aromatic rings. The van der Waals surface area contributed by atoms with Crippen LogP contribution in [0.25, 0.3) is 0 Å². The van der Waals surface area contributed by atoms with Crippen LogP contribution in [-0.2, 0) is 10.0 Å². The molecule has 1 atom stereocenters. The Morgan fingerprint density at radius 1 is 1.17 bits per heavy atom. The second-order valence-electron chi connectivity index (χ2n) is 6.33. The topological polar surface area (TPSA) is 61.4 Å². The smallest absolute Gasteiger partial charge is 0.240 e. The van der Waals surface area contributed by atoms with Gasteiger partial charge in [-0.25, -0.2) is 18.1 Å². The first-order valence-electron chi connectivity index (χ1n) is 8.58. The van der Waals surface area contributed by atoms with Crippen LogP contribution in [0.5, 0.6) is 0 Å². The fourth-order valence-corrected chi connectivity index (χ4v) is 4.04. The van der Waals surface area contributed by atoms with E-state index in [9.17, 15) is 8.42 Å².